The number of hydrogen-bond acceptors (Lipinski definition) is 5. The van der Waals surface area contributed by atoms with Crippen molar-refractivity contribution in [3.05, 3.63) is 42.4 Å². The van der Waals surface area contributed by atoms with Gasteiger partial charge in [-0.25, -0.2) is 23.5 Å². The number of anilines is 1. The molecular formula is C21H21F2N5O3. The molecule has 2 fully saturated rings. The number of amides is 2. The lowest BCUT2D eigenvalue weighted by Gasteiger charge is -2.25. The van der Waals surface area contributed by atoms with Crippen molar-refractivity contribution < 1.29 is 23.0 Å². The van der Waals surface area contributed by atoms with Gasteiger partial charge in [0.25, 0.3) is 5.92 Å². The number of halogens is 2. The second-order valence-electron chi connectivity index (χ2n) is 7.92. The highest BCUT2D eigenvalue weighted by Gasteiger charge is 2.58. The molecule has 1 saturated heterocycles. The zero-order valence-corrected chi connectivity index (χ0v) is 16.8. The van der Waals surface area contributed by atoms with Gasteiger partial charge in [0.05, 0.1) is 29.7 Å². The number of urea groups is 1. The van der Waals surface area contributed by atoms with Crippen LogP contribution in [0.3, 0.4) is 0 Å². The van der Waals surface area contributed by atoms with Crippen LogP contribution in [0.5, 0.6) is 0 Å². The van der Waals surface area contributed by atoms with Crippen molar-refractivity contribution in [3.8, 4) is 11.3 Å². The van der Waals surface area contributed by atoms with Crippen LogP contribution in [0.1, 0.15) is 24.6 Å². The monoisotopic (exact) mass is 429 g/mol. The van der Waals surface area contributed by atoms with Crippen molar-refractivity contribution in [2.75, 3.05) is 25.6 Å². The quantitative estimate of drug-likeness (QED) is 0.647. The van der Waals surface area contributed by atoms with Crippen LogP contribution in [0.2, 0.25) is 0 Å². The molecule has 5 rings (SSSR count). The van der Waals surface area contributed by atoms with Crippen molar-refractivity contribution in [1.29, 1.82) is 0 Å². The third-order valence-corrected chi connectivity index (χ3v) is 5.97. The van der Waals surface area contributed by atoms with Crippen LogP contribution < -0.4 is 11.1 Å². The van der Waals surface area contributed by atoms with E-state index in [-0.39, 0.29) is 12.2 Å². The maximum Gasteiger partial charge on any atom is 0.317 e. The number of nitrogens with two attached hydrogens (primary N) is 1. The van der Waals surface area contributed by atoms with Gasteiger partial charge in [-0.2, -0.15) is 0 Å². The Morgan fingerprint density at radius 3 is 2.87 bits per heavy atom. The SMILES string of the molecule is COC1(c2cccc(-c3cn([C@@H]4CC4(F)F)c4cnc(NC(N)=O)cc34)n2)CCOC1. The molecule has 3 N–H and O–H groups in total. The van der Waals surface area contributed by atoms with Crippen molar-refractivity contribution in [3.63, 3.8) is 0 Å². The lowest BCUT2D eigenvalue weighted by Crippen LogP contribution is -2.30. The minimum absolute atomic E-state index is 0.227. The molecule has 3 aromatic rings. The van der Waals surface area contributed by atoms with Crippen molar-refractivity contribution in [2.24, 2.45) is 5.73 Å². The summed E-state index contributed by atoms with van der Waals surface area (Å²) in [6, 6.07) is 5.47. The second-order valence-corrected chi connectivity index (χ2v) is 7.92. The molecule has 1 aliphatic heterocycles. The first-order valence-electron chi connectivity index (χ1n) is 9.89. The molecule has 2 amide bonds. The van der Waals surface area contributed by atoms with E-state index in [1.807, 2.05) is 18.2 Å². The van der Waals surface area contributed by atoms with Crippen molar-refractivity contribution in [2.45, 2.75) is 30.4 Å². The van der Waals surface area contributed by atoms with Crippen LogP contribution in [0.4, 0.5) is 19.4 Å². The molecule has 1 unspecified atom stereocenters. The first-order valence-corrected chi connectivity index (χ1v) is 9.89. The number of hydrogen-bond donors (Lipinski definition) is 2. The van der Waals surface area contributed by atoms with Gasteiger partial charge >= 0.3 is 6.03 Å². The molecular weight excluding hydrogens is 408 g/mol. The summed E-state index contributed by atoms with van der Waals surface area (Å²) < 4.78 is 40.6. The van der Waals surface area contributed by atoms with E-state index >= 15 is 0 Å². The van der Waals surface area contributed by atoms with Crippen molar-refractivity contribution in [1.82, 2.24) is 14.5 Å². The van der Waals surface area contributed by atoms with Crippen LogP contribution in [0, 0.1) is 0 Å². The molecule has 0 spiro atoms. The van der Waals surface area contributed by atoms with Crippen LogP contribution >= 0.6 is 0 Å². The summed E-state index contributed by atoms with van der Waals surface area (Å²) in [6.45, 7) is 0.968. The van der Waals surface area contributed by atoms with E-state index in [1.54, 1.807) is 19.4 Å². The molecule has 2 aliphatic rings. The average molecular weight is 429 g/mol. The Morgan fingerprint density at radius 1 is 1.42 bits per heavy atom. The predicted octanol–water partition coefficient (Wildman–Crippen LogP) is 3.43. The number of pyridine rings is 2. The van der Waals surface area contributed by atoms with Gasteiger partial charge in [-0.15, -0.1) is 0 Å². The fourth-order valence-electron chi connectivity index (χ4n) is 4.16. The minimum Gasteiger partial charge on any atom is -0.378 e. The number of carbonyl (C=O) groups is 1. The molecule has 4 heterocycles. The molecule has 1 saturated carbocycles. The molecule has 1 aliphatic carbocycles. The molecule has 0 bridgehead atoms. The summed E-state index contributed by atoms with van der Waals surface area (Å²) in [5.41, 5.74) is 7.06. The standard InChI is InChI=1S/C21H21F2N5O3/c1-30-20(5-6-31-11-20)16-4-2-3-14(26-16)13-10-28(17-8-21(17,22)23)15-9-25-18(7-12(13)15)27-19(24)29/h2-4,7,9-10,17H,5-6,8,11H2,1H3,(H3,24,25,27,29)/t17-,20?/m1/s1. The number of methoxy groups -OCH3 is 1. The third kappa shape index (κ3) is 3.31. The lowest BCUT2D eigenvalue weighted by atomic mass is 9.97. The lowest BCUT2D eigenvalue weighted by molar-refractivity contribution is -0.0245. The maximum atomic E-state index is 13.9. The first kappa shape index (κ1) is 19.8. The Labute approximate surface area is 176 Å². The second kappa shape index (κ2) is 6.96. The van der Waals surface area contributed by atoms with Crippen LogP contribution in [0.25, 0.3) is 22.2 Å². The van der Waals surface area contributed by atoms with E-state index in [0.717, 1.165) is 0 Å². The zero-order valence-electron chi connectivity index (χ0n) is 16.8. The van der Waals surface area contributed by atoms with Gasteiger partial charge in [0.15, 0.2) is 0 Å². The highest BCUT2D eigenvalue weighted by molar-refractivity contribution is 5.98. The fourth-order valence-corrected chi connectivity index (χ4v) is 4.16. The van der Waals surface area contributed by atoms with E-state index < -0.39 is 23.6 Å². The number of rotatable bonds is 5. The molecule has 2 atom stereocenters. The van der Waals surface area contributed by atoms with Gasteiger partial charge in [0.2, 0.25) is 0 Å². The summed E-state index contributed by atoms with van der Waals surface area (Å²) in [5.74, 6) is -2.53. The number of carbonyl (C=O) groups excluding carboxylic acids is 1. The average Bonchev–Trinajstić information content (AvgIpc) is 3.12. The van der Waals surface area contributed by atoms with Crippen LogP contribution in [0.15, 0.2) is 36.7 Å². The Bertz CT molecular complexity index is 1170. The number of primary amides is 1. The van der Waals surface area contributed by atoms with Gasteiger partial charge in [0.1, 0.15) is 17.5 Å². The van der Waals surface area contributed by atoms with Crippen molar-refractivity contribution >= 4 is 22.8 Å². The predicted molar refractivity (Wildman–Crippen MR) is 109 cm³/mol. The van der Waals surface area contributed by atoms with Gasteiger partial charge in [0, 0.05) is 43.7 Å². The molecule has 10 heteroatoms. The summed E-state index contributed by atoms with van der Waals surface area (Å²) in [7, 11) is 1.62. The van der Waals surface area contributed by atoms with E-state index in [0.29, 0.717) is 47.5 Å². The Kier molecular flexibility index (Phi) is 4.45. The Morgan fingerprint density at radius 2 is 2.23 bits per heavy atom. The Balaban J connectivity index is 1.65. The third-order valence-electron chi connectivity index (χ3n) is 5.97. The van der Waals surface area contributed by atoms with Crippen LogP contribution in [-0.4, -0.2) is 46.8 Å². The molecule has 162 valence electrons. The maximum absolute atomic E-state index is 13.9. The van der Waals surface area contributed by atoms with E-state index in [1.165, 1.54) is 10.8 Å². The number of nitrogens with zero attached hydrogens (tertiary/aromatic N) is 3. The van der Waals surface area contributed by atoms with Gasteiger partial charge in [-0.3, -0.25) is 5.32 Å². The molecule has 31 heavy (non-hydrogen) atoms. The van der Waals surface area contributed by atoms with Crippen LogP contribution in [-0.2, 0) is 15.1 Å². The number of ether oxygens (including phenoxy) is 2. The van der Waals surface area contributed by atoms with Gasteiger partial charge in [-0.1, -0.05) is 6.07 Å². The number of fused-ring (bicyclic) bond motifs is 1. The summed E-state index contributed by atoms with van der Waals surface area (Å²) in [6.07, 6.45) is 3.58. The van der Waals surface area contributed by atoms with Gasteiger partial charge in [-0.05, 0) is 18.2 Å². The number of alkyl halides is 2. The Hall–Kier alpha value is -3.11. The van der Waals surface area contributed by atoms with Gasteiger partial charge < -0.3 is 19.8 Å². The molecule has 0 radical (unpaired) electrons. The number of aromatic nitrogens is 3. The van der Waals surface area contributed by atoms with E-state index in [9.17, 15) is 13.6 Å². The molecule has 0 aromatic carbocycles. The van der Waals surface area contributed by atoms with E-state index in [2.05, 4.69) is 10.3 Å². The first-order chi connectivity index (χ1) is 14.8. The summed E-state index contributed by atoms with van der Waals surface area (Å²) in [4.78, 5) is 20.2. The topological polar surface area (TPSA) is 104 Å². The minimum atomic E-state index is -2.76. The smallest absolute Gasteiger partial charge is 0.317 e. The summed E-state index contributed by atoms with van der Waals surface area (Å²) >= 11 is 0. The highest BCUT2D eigenvalue weighted by atomic mass is 19.3. The fraction of sp³-hybridized carbons (Fsp3) is 0.381. The number of nitrogens with one attached hydrogen (secondary N) is 1. The zero-order chi connectivity index (χ0) is 21.8. The molecule has 8 nitrogen and oxygen atoms in total. The van der Waals surface area contributed by atoms with E-state index in [4.69, 9.17) is 20.2 Å². The summed E-state index contributed by atoms with van der Waals surface area (Å²) in [5, 5.41) is 3.07. The normalized spacial score (nSPS) is 24.4. The largest absolute Gasteiger partial charge is 0.378 e. The highest BCUT2D eigenvalue weighted by Crippen LogP contribution is 2.54. The molecule has 3 aromatic heterocycles.